The van der Waals surface area contributed by atoms with E-state index in [0.717, 1.165) is 5.56 Å². The fourth-order valence-corrected chi connectivity index (χ4v) is 2.22. The number of anilines is 1. The lowest BCUT2D eigenvalue weighted by Gasteiger charge is -2.08. The summed E-state index contributed by atoms with van der Waals surface area (Å²) in [6, 6.07) is 10.1. The summed E-state index contributed by atoms with van der Waals surface area (Å²) in [5, 5.41) is 5.14. The lowest BCUT2D eigenvalue weighted by atomic mass is 10.1. The number of primary amides is 1. The maximum Gasteiger partial charge on any atom is 0.316 e. The van der Waals surface area contributed by atoms with E-state index in [1.807, 2.05) is 0 Å². The number of hydrogen-bond acceptors (Lipinski definition) is 2. The van der Waals surface area contributed by atoms with Crippen LogP contribution in [0.25, 0.3) is 0 Å². The van der Waals surface area contributed by atoms with Gasteiger partial charge in [0.1, 0.15) is 5.82 Å². The van der Waals surface area contributed by atoms with E-state index in [-0.39, 0.29) is 18.0 Å². The fourth-order valence-electron chi connectivity index (χ4n) is 1.80. The third-order valence-corrected chi connectivity index (χ3v) is 3.54. The van der Waals surface area contributed by atoms with Crippen LogP contribution in [0.1, 0.15) is 15.9 Å². The van der Waals surface area contributed by atoms with Crippen LogP contribution in [0.5, 0.6) is 0 Å². The van der Waals surface area contributed by atoms with Gasteiger partial charge < -0.3 is 16.4 Å². The molecule has 0 fully saturated rings. The van der Waals surface area contributed by atoms with E-state index in [9.17, 15) is 14.0 Å². The molecule has 5 nitrogen and oxygen atoms in total. The van der Waals surface area contributed by atoms with E-state index in [4.69, 9.17) is 5.73 Å². The summed E-state index contributed by atoms with van der Waals surface area (Å²) in [6.45, 7) is 0.276. The minimum absolute atomic E-state index is 0.229. The molecule has 0 aliphatic carbocycles. The van der Waals surface area contributed by atoms with E-state index >= 15 is 0 Å². The lowest BCUT2D eigenvalue weighted by molar-refractivity contribution is 0.0949. The van der Waals surface area contributed by atoms with Crippen molar-refractivity contribution in [3.05, 3.63) is 63.9 Å². The Morgan fingerprint density at radius 3 is 2.45 bits per heavy atom. The van der Waals surface area contributed by atoms with Crippen LogP contribution in [0.3, 0.4) is 0 Å². The van der Waals surface area contributed by atoms with Gasteiger partial charge >= 0.3 is 6.03 Å². The van der Waals surface area contributed by atoms with Crippen LogP contribution in [0.15, 0.2) is 46.9 Å². The molecule has 2 aromatic carbocycles. The van der Waals surface area contributed by atoms with E-state index in [0.29, 0.717) is 10.2 Å². The summed E-state index contributed by atoms with van der Waals surface area (Å²) in [6.07, 6.45) is 0. The number of nitrogens with two attached hydrogens (primary N) is 1. The third-order valence-electron chi connectivity index (χ3n) is 2.85. The predicted octanol–water partition coefficient (Wildman–Crippen LogP) is 3.01. The van der Waals surface area contributed by atoms with E-state index in [2.05, 4.69) is 26.6 Å². The first-order valence-corrected chi connectivity index (χ1v) is 7.13. The molecule has 0 unspecified atom stereocenters. The molecule has 2 rings (SSSR count). The molecule has 0 bridgehead atoms. The van der Waals surface area contributed by atoms with E-state index in [1.54, 1.807) is 24.3 Å². The highest BCUT2D eigenvalue weighted by atomic mass is 79.9. The molecule has 0 aliphatic heterocycles. The van der Waals surface area contributed by atoms with E-state index < -0.39 is 11.8 Å². The molecular formula is C15H13BrFN3O2. The number of carbonyl (C=O) groups is 2. The van der Waals surface area contributed by atoms with Gasteiger partial charge in [-0.15, -0.1) is 0 Å². The Balaban J connectivity index is 1.99. The number of urea groups is 1. The maximum absolute atomic E-state index is 13.2. The van der Waals surface area contributed by atoms with Crippen molar-refractivity contribution in [3.63, 3.8) is 0 Å². The van der Waals surface area contributed by atoms with Crippen molar-refractivity contribution < 1.29 is 14.0 Å². The topological polar surface area (TPSA) is 84.2 Å². The SMILES string of the molecule is NC(=O)Nc1ccc(CNC(=O)c2cc(F)ccc2Br)cc1. The van der Waals surface area contributed by atoms with Gasteiger partial charge in [-0.3, -0.25) is 4.79 Å². The number of amides is 3. The van der Waals surface area contributed by atoms with Crippen LogP contribution in [0.2, 0.25) is 0 Å². The van der Waals surface area contributed by atoms with Crippen LogP contribution in [0.4, 0.5) is 14.9 Å². The molecule has 0 saturated carbocycles. The van der Waals surface area contributed by atoms with Gasteiger partial charge in [-0.1, -0.05) is 12.1 Å². The van der Waals surface area contributed by atoms with Gasteiger partial charge in [-0.05, 0) is 51.8 Å². The van der Waals surface area contributed by atoms with Crippen LogP contribution >= 0.6 is 15.9 Å². The molecule has 0 radical (unpaired) electrons. The second-order valence-corrected chi connectivity index (χ2v) is 5.35. The first kappa shape index (κ1) is 16.0. The molecule has 7 heteroatoms. The minimum atomic E-state index is -0.642. The average molecular weight is 366 g/mol. The van der Waals surface area contributed by atoms with Gasteiger partial charge in [0.25, 0.3) is 5.91 Å². The molecule has 0 spiro atoms. The Labute approximate surface area is 134 Å². The zero-order valence-corrected chi connectivity index (χ0v) is 13.0. The van der Waals surface area contributed by atoms with Crippen LogP contribution in [-0.4, -0.2) is 11.9 Å². The zero-order chi connectivity index (χ0) is 16.1. The van der Waals surface area contributed by atoms with Gasteiger partial charge in [-0.25, -0.2) is 9.18 Å². The number of rotatable bonds is 4. The monoisotopic (exact) mass is 365 g/mol. The molecule has 0 heterocycles. The standard InChI is InChI=1S/C15H13BrFN3O2/c16-13-6-3-10(17)7-12(13)14(21)19-8-9-1-4-11(5-2-9)20-15(18)22/h1-7H,8H2,(H,19,21)(H3,18,20,22). The van der Waals surface area contributed by atoms with Crippen LogP contribution in [-0.2, 0) is 6.54 Å². The van der Waals surface area contributed by atoms with Crippen molar-refractivity contribution >= 4 is 33.6 Å². The van der Waals surface area contributed by atoms with E-state index in [1.165, 1.54) is 18.2 Å². The van der Waals surface area contributed by atoms with Crippen molar-refractivity contribution in [2.24, 2.45) is 5.73 Å². The smallest absolute Gasteiger partial charge is 0.316 e. The van der Waals surface area contributed by atoms with Gasteiger partial charge in [0, 0.05) is 16.7 Å². The highest BCUT2D eigenvalue weighted by Gasteiger charge is 2.10. The fraction of sp³-hybridized carbons (Fsp3) is 0.0667. The Kier molecular flexibility index (Phi) is 5.11. The summed E-state index contributed by atoms with van der Waals surface area (Å²) in [5.41, 5.74) is 6.63. The molecule has 3 amide bonds. The van der Waals surface area contributed by atoms with Crippen LogP contribution in [0, 0.1) is 5.82 Å². The summed E-state index contributed by atoms with van der Waals surface area (Å²) >= 11 is 3.21. The summed E-state index contributed by atoms with van der Waals surface area (Å²) < 4.78 is 13.7. The van der Waals surface area contributed by atoms with Gasteiger partial charge in [0.05, 0.1) is 5.56 Å². The molecule has 0 atom stereocenters. The van der Waals surface area contributed by atoms with Gasteiger partial charge in [0.15, 0.2) is 0 Å². The van der Waals surface area contributed by atoms with Crippen molar-refractivity contribution in [1.82, 2.24) is 5.32 Å². The first-order chi connectivity index (χ1) is 10.5. The predicted molar refractivity (Wildman–Crippen MR) is 84.9 cm³/mol. The highest BCUT2D eigenvalue weighted by molar-refractivity contribution is 9.10. The van der Waals surface area contributed by atoms with Crippen molar-refractivity contribution in [2.45, 2.75) is 6.54 Å². The third kappa shape index (κ3) is 4.29. The average Bonchev–Trinajstić information content (AvgIpc) is 2.48. The summed E-state index contributed by atoms with van der Waals surface area (Å²) in [7, 11) is 0. The first-order valence-electron chi connectivity index (χ1n) is 6.34. The largest absolute Gasteiger partial charge is 0.351 e. The molecular weight excluding hydrogens is 353 g/mol. The molecule has 0 saturated heterocycles. The summed E-state index contributed by atoms with van der Waals surface area (Å²) in [4.78, 5) is 22.7. The molecule has 114 valence electrons. The number of halogens is 2. The molecule has 22 heavy (non-hydrogen) atoms. The quantitative estimate of drug-likeness (QED) is 0.777. The van der Waals surface area contributed by atoms with Crippen molar-refractivity contribution in [2.75, 3.05) is 5.32 Å². The lowest BCUT2D eigenvalue weighted by Crippen LogP contribution is -2.23. The zero-order valence-electron chi connectivity index (χ0n) is 11.4. The molecule has 0 aliphatic rings. The van der Waals surface area contributed by atoms with Gasteiger partial charge in [0.2, 0.25) is 0 Å². The Bertz CT molecular complexity index is 704. The number of benzene rings is 2. The Morgan fingerprint density at radius 2 is 1.82 bits per heavy atom. The van der Waals surface area contributed by atoms with Gasteiger partial charge in [-0.2, -0.15) is 0 Å². The van der Waals surface area contributed by atoms with Crippen LogP contribution < -0.4 is 16.4 Å². The Morgan fingerprint density at radius 1 is 1.14 bits per heavy atom. The minimum Gasteiger partial charge on any atom is -0.351 e. The number of hydrogen-bond donors (Lipinski definition) is 3. The number of carbonyl (C=O) groups excluding carboxylic acids is 2. The maximum atomic E-state index is 13.2. The normalized spacial score (nSPS) is 10.1. The number of nitrogens with one attached hydrogen (secondary N) is 2. The highest BCUT2D eigenvalue weighted by Crippen LogP contribution is 2.18. The second-order valence-electron chi connectivity index (χ2n) is 4.49. The summed E-state index contributed by atoms with van der Waals surface area (Å²) in [5.74, 6) is -0.860. The molecule has 2 aromatic rings. The van der Waals surface area contributed by atoms with Crippen molar-refractivity contribution in [3.8, 4) is 0 Å². The molecule has 4 N–H and O–H groups in total. The second kappa shape index (κ2) is 7.04. The Hall–Kier alpha value is -2.41. The van der Waals surface area contributed by atoms with Crippen molar-refractivity contribution in [1.29, 1.82) is 0 Å². The molecule has 0 aromatic heterocycles.